The lowest BCUT2D eigenvalue weighted by atomic mass is 10.1. The van der Waals surface area contributed by atoms with Gasteiger partial charge in [-0.1, -0.05) is 6.92 Å². The summed E-state index contributed by atoms with van der Waals surface area (Å²) in [6.45, 7) is 7.45. The smallest absolute Gasteiger partial charge is 0.122 e. The first-order chi connectivity index (χ1) is 13.2. The van der Waals surface area contributed by atoms with E-state index in [-0.39, 0.29) is 0 Å². The third-order valence-corrected chi connectivity index (χ3v) is 5.35. The Bertz CT molecular complexity index is 686. The Kier molecular flexibility index (Phi) is 7.07. The van der Waals surface area contributed by atoms with Crippen molar-refractivity contribution in [2.75, 3.05) is 33.9 Å². The van der Waals surface area contributed by atoms with Crippen molar-refractivity contribution in [3.8, 4) is 11.5 Å². The van der Waals surface area contributed by atoms with Crippen LogP contribution in [0.5, 0.6) is 11.5 Å². The summed E-state index contributed by atoms with van der Waals surface area (Å²) in [6.07, 6.45) is 6.32. The second-order valence-electron chi connectivity index (χ2n) is 7.17. The molecule has 5 nitrogen and oxygen atoms in total. The molecule has 27 heavy (non-hydrogen) atoms. The van der Waals surface area contributed by atoms with E-state index in [1.165, 1.54) is 30.5 Å². The number of aromatic nitrogens is 1. The molecule has 1 aromatic heterocycles. The number of likely N-dealkylation sites (tertiary alicyclic amines) is 1. The summed E-state index contributed by atoms with van der Waals surface area (Å²) in [5.74, 6) is 1.67. The zero-order valence-electron chi connectivity index (χ0n) is 16.7. The fourth-order valence-corrected chi connectivity index (χ4v) is 3.96. The van der Waals surface area contributed by atoms with Gasteiger partial charge in [0.15, 0.2) is 0 Å². The topological polar surface area (TPSA) is 37.8 Å². The minimum Gasteiger partial charge on any atom is -0.497 e. The lowest BCUT2D eigenvalue weighted by Gasteiger charge is -2.30. The van der Waals surface area contributed by atoms with Crippen LogP contribution in [0.1, 0.15) is 30.9 Å². The molecule has 0 saturated carbocycles. The van der Waals surface area contributed by atoms with Crippen LogP contribution in [0.2, 0.25) is 0 Å². The number of ether oxygens (including phenoxy) is 2. The minimum absolute atomic E-state index is 0.629. The quantitative estimate of drug-likeness (QED) is 0.675. The van der Waals surface area contributed by atoms with E-state index in [1.54, 1.807) is 14.2 Å². The average Bonchev–Trinajstić information content (AvgIpc) is 3.15. The summed E-state index contributed by atoms with van der Waals surface area (Å²) in [5, 5.41) is 0. The van der Waals surface area contributed by atoms with Crippen LogP contribution in [0.4, 0.5) is 0 Å². The molecule has 5 heteroatoms. The molecule has 1 atom stereocenters. The number of benzene rings is 1. The molecule has 0 amide bonds. The first-order valence-corrected chi connectivity index (χ1v) is 9.79. The molecule has 1 fully saturated rings. The Morgan fingerprint density at radius 2 is 1.70 bits per heavy atom. The number of likely N-dealkylation sites (N-methyl/N-ethyl adjacent to an activating group) is 1. The molecule has 1 aliphatic heterocycles. The molecule has 0 aliphatic carbocycles. The monoisotopic (exact) mass is 369 g/mol. The molecule has 2 aromatic rings. The lowest BCUT2D eigenvalue weighted by molar-refractivity contribution is 0.166. The summed E-state index contributed by atoms with van der Waals surface area (Å²) >= 11 is 0. The Labute approximate surface area is 162 Å². The Morgan fingerprint density at radius 1 is 1.04 bits per heavy atom. The lowest BCUT2D eigenvalue weighted by Crippen LogP contribution is -2.39. The molecule has 1 aromatic carbocycles. The number of hydrogen-bond donors (Lipinski definition) is 0. The summed E-state index contributed by atoms with van der Waals surface area (Å²) in [5.41, 5.74) is 2.50. The van der Waals surface area contributed by atoms with Gasteiger partial charge >= 0.3 is 0 Å². The second-order valence-corrected chi connectivity index (χ2v) is 7.17. The predicted molar refractivity (Wildman–Crippen MR) is 108 cm³/mol. The van der Waals surface area contributed by atoms with E-state index in [2.05, 4.69) is 46.0 Å². The highest BCUT2D eigenvalue weighted by molar-refractivity contribution is 5.38. The van der Waals surface area contributed by atoms with E-state index in [0.717, 1.165) is 37.7 Å². The van der Waals surface area contributed by atoms with Crippen LogP contribution >= 0.6 is 0 Å². The van der Waals surface area contributed by atoms with Crippen LogP contribution in [0.15, 0.2) is 42.7 Å². The van der Waals surface area contributed by atoms with Gasteiger partial charge in [0, 0.05) is 44.1 Å². The number of rotatable bonds is 9. The van der Waals surface area contributed by atoms with Crippen LogP contribution in [0, 0.1) is 0 Å². The van der Waals surface area contributed by atoms with Crippen molar-refractivity contribution in [3.05, 3.63) is 53.9 Å². The van der Waals surface area contributed by atoms with Crippen LogP contribution in [0.3, 0.4) is 0 Å². The van der Waals surface area contributed by atoms with E-state index >= 15 is 0 Å². The van der Waals surface area contributed by atoms with Gasteiger partial charge < -0.3 is 9.47 Å². The van der Waals surface area contributed by atoms with Crippen molar-refractivity contribution >= 4 is 0 Å². The Hall–Kier alpha value is -2.11. The van der Waals surface area contributed by atoms with Crippen molar-refractivity contribution in [3.63, 3.8) is 0 Å². The van der Waals surface area contributed by atoms with Crippen molar-refractivity contribution in [2.45, 2.75) is 38.9 Å². The fourth-order valence-electron chi connectivity index (χ4n) is 3.96. The largest absolute Gasteiger partial charge is 0.497 e. The molecule has 0 spiro atoms. The number of nitrogens with zero attached hydrogens (tertiary/aromatic N) is 3. The fraction of sp³-hybridized carbons (Fsp3) is 0.500. The molecule has 2 heterocycles. The maximum Gasteiger partial charge on any atom is 0.122 e. The predicted octanol–water partition coefficient (Wildman–Crippen LogP) is 3.59. The first-order valence-electron chi connectivity index (χ1n) is 9.79. The Balaban J connectivity index is 1.78. The average molecular weight is 370 g/mol. The molecule has 1 unspecified atom stereocenters. The van der Waals surface area contributed by atoms with Crippen molar-refractivity contribution in [1.29, 1.82) is 0 Å². The van der Waals surface area contributed by atoms with E-state index in [1.807, 2.05) is 18.5 Å². The maximum absolute atomic E-state index is 5.45. The third kappa shape index (κ3) is 5.44. The molecule has 0 radical (unpaired) electrons. The number of hydrogen-bond acceptors (Lipinski definition) is 5. The standard InChI is InChI=1S/C22H31N3O2/c1-4-25-11-5-6-20(25)17-24(15-18-7-9-23-10-8-18)16-19-12-21(26-2)14-22(13-19)27-3/h7-10,12-14,20H,4-6,11,15-17H2,1-3H3. The van der Waals surface area contributed by atoms with Gasteiger partial charge in [-0.2, -0.15) is 0 Å². The Morgan fingerprint density at radius 3 is 2.33 bits per heavy atom. The normalized spacial score (nSPS) is 17.4. The van der Waals surface area contributed by atoms with Gasteiger partial charge in [0.2, 0.25) is 0 Å². The number of pyridine rings is 1. The molecular formula is C22H31N3O2. The maximum atomic E-state index is 5.45. The van der Waals surface area contributed by atoms with Gasteiger partial charge in [0.05, 0.1) is 14.2 Å². The van der Waals surface area contributed by atoms with Crippen LogP contribution in [-0.4, -0.2) is 54.7 Å². The second kappa shape index (κ2) is 9.72. The summed E-state index contributed by atoms with van der Waals surface area (Å²) < 4.78 is 10.9. The van der Waals surface area contributed by atoms with E-state index in [0.29, 0.717) is 6.04 Å². The minimum atomic E-state index is 0.629. The van der Waals surface area contributed by atoms with E-state index in [9.17, 15) is 0 Å². The summed E-state index contributed by atoms with van der Waals surface area (Å²) in [7, 11) is 3.40. The summed E-state index contributed by atoms with van der Waals surface area (Å²) in [4.78, 5) is 9.28. The van der Waals surface area contributed by atoms with Gasteiger partial charge in [-0.05, 0) is 61.3 Å². The third-order valence-electron chi connectivity index (χ3n) is 5.35. The molecule has 1 saturated heterocycles. The number of methoxy groups -OCH3 is 2. The SMILES string of the molecule is CCN1CCCC1CN(Cc1ccncc1)Cc1cc(OC)cc(OC)c1. The highest BCUT2D eigenvalue weighted by Crippen LogP contribution is 2.25. The van der Waals surface area contributed by atoms with Gasteiger partial charge in [-0.15, -0.1) is 0 Å². The van der Waals surface area contributed by atoms with Gasteiger partial charge in [0.1, 0.15) is 11.5 Å². The van der Waals surface area contributed by atoms with Crippen LogP contribution in [-0.2, 0) is 13.1 Å². The van der Waals surface area contributed by atoms with Crippen LogP contribution in [0.25, 0.3) is 0 Å². The molecule has 0 bridgehead atoms. The van der Waals surface area contributed by atoms with Gasteiger partial charge in [-0.3, -0.25) is 14.8 Å². The van der Waals surface area contributed by atoms with Crippen molar-refractivity contribution < 1.29 is 9.47 Å². The van der Waals surface area contributed by atoms with Crippen molar-refractivity contribution in [1.82, 2.24) is 14.8 Å². The van der Waals surface area contributed by atoms with Gasteiger partial charge in [-0.25, -0.2) is 0 Å². The highest BCUT2D eigenvalue weighted by atomic mass is 16.5. The van der Waals surface area contributed by atoms with Gasteiger partial charge in [0.25, 0.3) is 0 Å². The van der Waals surface area contributed by atoms with E-state index in [4.69, 9.17) is 9.47 Å². The molecule has 146 valence electrons. The van der Waals surface area contributed by atoms with Crippen LogP contribution < -0.4 is 9.47 Å². The first kappa shape index (κ1) is 19.6. The molecule has 0 N–H and O–H groups in total. The zero-order chi connectivity index (χ0) is 19.1. The molecule has 1 aliphatic rings. The highest BCUT2D eigenvalue weighted by Gasteiger charge is 2.25. The molecular weight excluding hydrogens is 338 g/mol. The van der Waals surface area contributed by atoms with Crippen molar-refractivity contribution in [2.24, 2.45) is 0 Å². The zero-order valence-corrected chi connectivity index (χ0v) is 16.7. The summed E-state index contributed by atoms with van der Waals surface area (Å²) in [6, 6.07) is 11.0. The molecule has 3 rings (SSSR count). The van der Waals surface area contributed by atoms with E-state index < -0.39 is 0 Å².